The number of hydrogen-bond acceptors (Lipinski definition) is 4. The molecule has 1 amide bonds. The van der Waals surface area contributed by atoms with Crippen molar-refractivity contribution in [1.29, 1.82) is 0 Å². The van der Waals surface area contributed by atoms with Crippen molar-refractivity contribution in [3.8, 4) is 5.75 Å². The van der Waals surface area contributed by atoms with Gasteiger partial charge in [0.25, 0.3) is 5.91 Å². The van der Waals surface area contributed by atoms with Crippen molar-refractivity contribution in [2.24, 2.45) is 0 Å². The van der Waals surface area contributed by atoms with Crippen molar-refractivity contribution in [1.82, 2.24) is 4.98 Å². The third-order valence-electron chi connectivity index (χ3n) is 3.38. The minimum absolute atomic E-state index is 0.00645. The van der Waals surface area contributed by atoms with Gasteiger partial charge in [0.1, 0.15) is 5.75 Å². The maximum absolute atomic E-state index is 12.0. The van der Waals surface area contributed by atoms with Gasteiger partial charge in [0.2, 0.25) is 0 Å². The molecule has 0 fully saturated rings. The second-order valence-electron chi connectivity index (χ2n) is 4.87. The van der Waals surface area contributed by atoms with Crippen molar-refractivity contribution in [2.75, 3.05) is 5.32 Å². The second kappa shape index (κ2) is 4.94. The molecule has 1 atom stereocenters. The van der Waals surface area contributed by atoms with E-state index in [0.29, 0.717) is 18.5 Å². The van der Waals surface area contributed by atoms with E-state index in [4.69, 9.17) is 0 Å². The highest BCUT2D eigenvalue weighted by molar-refractivity contribution is 6.04. The van der Waals surface area contributed by atoms with Crippen molar-refractivity contribution in [2.45, 2.75) is 18.9 Å². The van der Waals surface area contributed by atoms with Gasteiger partial charge in [-0.25, -0.2) is 4.98 Å². The summed E-state index contributed by atoms with van der Waals surface area (Å²) in [4.78, 5) is 15.9. The Balaban J connectivity index is 1.81. The molecule has 1 aliphatic carbocycles. The number of aliphatic hydroxyl groups excluding tert-OH is 1. The standard InChI is InChI=1S/C15H14N2O3/c18-12-7-9-3-4-11(6-10(9)8-12)17-15(20)14-13(19)2-1-5-16-14/h1-6,12,18-19H,7-8H2,(H,17,20). The molecule has 0 radical (unpaired) electrons. The number of nitrogens with zero attached hydrogens (tertiary/aromatic N) is 1. The summed E-state index contributed by atoms with van der Waals surface area (Å²) in [5.41, 5.74) is 2.78. The van der Waals surface area contributed by atoms with Gasteiger partial charge in [0, 0.05) is 11.9 Å². The van der Waals surface area contributed by atoms with Crippen molar-refractivity contribution < 1.29 is 15.0 Å². The molecule has 5 heteroatoms. The molecule has 1 aromatic heterocycles. The zero-order valence-corrected chi connectivity index (χ0v) is 10.7. The first-order chi connectivity index (χ1) is 9.63. The molecule has 20 heavy (non-hydrogen) atoms. The van der Waals surface area contributed by atoms with Crippen LogP contribution in [0.25, 0.3) is 0 Å². The Hall–Kier alpha value is -2.40. The number of fused-ring (bicyclic) bond motifs is 1. The average molecular weight is 270 g/mol. The molecule has 2 aromatic rings. The minimum atomic E-state index is -0.457. The summed E-state index contributed by atoms with van der Waals surface area (Å²) >= 11 is 0. The molecule has 0 saturated heterocycles. The number of anilines is 1. The molecule has 5 nitrogen and oxygen atoms in total. The molecule has 3 N–H and O–H groups in total. The Kier molecular flexibility index (Phi) is 3.12. The van der Waals surface area contributed by atoms with Crippen LogP contribution in [0.5, 0.6) is 5.75 Å². The largest absolute Gasteiger partial charge is 0.505 e. The van der Waals surface area contributed by atoms with Crippen LogP contribution in [0.3, 0.4) is 0 Å². The van der Waals surface area contributed by atoms with E-state index in [1.54, 1.807) is 12.1 Å². The minimum Gasteiger partial charge on any atom is -0.505 e. The van der Waals surface area contributed by atoms with Crippen LogP contribution in [-0.4, -0.2) is 27.2 Å². The third kappa shape index (κ3) is 2.35. The molecule has 3 rings (SSSR count). The Bertz CT molecular complexity index is 670. The van der Waals surface area contributed by atoms with Gasteiger partial charge in [-0.2, -0.15) is 0 Å². The number of rotatable bonds is 2. The zero-order valence-electron chi connectivity index (χ0n) is 10.7. The van der Waals surface area contributed by atoms with Crippen molar-refractivity contribution >= 4 is 11.6 Å². The van der Waals surface area contributed by atoms with E-state index >= 15 is 0 Å². The van der Waals surface area contributed by atoms with Gasteiger partial charge < -0.3 is 15.5 Å². The summed E-state index contributed by atoms with van der Waals surface area (Å²) in [5, 5.41) is 21.9. The van der Waals surface area contributed by atoms with Crippen molar-refractivity contribution in [3.05, 3.63) is 53.3 Å². The lowest BCUT2D eigenvalue weighted by Crippen LogP contribution is -2.13. The number of pyridine rings is 1. The molecule has 0 bridgehead atoms. The second-order valence-corrected chi connectivity index (χ2v) is 4.87. The van der Waals surface area contributed by atoms with Crippen LogP contribution in [0.1, 0.15) is 21.6 Å². The summed E-state index contributed by atoms with van der Waals surface area (Å²) in [7, 11) is 0. The molecule has 1 aromatic carbocycles. The normalized spacial score (nSPS) is 16.8. The van der Waals surface area contributed by atoms with Crippen LogP contribution in [0, 0.1) is 0 Å². The summed E-state index contributed by atoms with van der Waals surface area (Å²) < 4.78 is 0. The number of carbonyl (C=O) groups is 1. The molecule has 1 aliphatic rings. The molecular formula is C15H14N2O3. The van der Waals surface area contributed by atoms with E-state index in [2.05, 4.69) is 10.3 Å². The highest BCUT2D eigenvalue weighted by Gasteiger charge is 2.20. The number of aliphatic hydroxyl groups is 1. The summed E-state index contributed by atoms with van der Waals surface area (Å²) in [6.45, 7) is 0. The van der Waals surface area contributed by atoms with E-state index in [1.807, 2.05) is 12.1 Å². The van der Waals surface area contributed by atoms with Gasteiger partial charge in [0.05, 0.1) is 6.10 Å². The fourth-order valence-corrected chi connectivity index (χ4v) is 2.43. The van der Waals surface area contributed by atoms with Crippen LogP contribution in [-0.2, 0) is 12.8 Å². The predicted octanol–water partition coefficient (Wildman–Crippen LogP) is 1.50. The maximum atomic E-state index is 12.0. The van der Waals surface area contributed by atoms with E-state index in [1.165, 1.54) is 12.3 Å². The quantitative estimate of drug-likeness (QED) is 0.772. The number of benzene rings is 1. The van der Waals surface area contributed by atoms with E-state index < -0.39 is 5.91 Å². The Morgan fingerprint density at radius 3 is 2.85 bits per heavy atom. The molecule has 0 aliphatic heterocycles. The molecule has 102 valence electrons. The summed E-state index contributed by atoms with van der Waals surface area (Å²) in [5.74, 6) is -0.608. The molecule has 1 heterocycles. The lowest BCUT2D eigenvalue weighted by atomic mass is 10.1. The summed E-state index contributed by atoms with van der Waals surface area (Å²) in [6, 6.07) is 8.52. The van der Waals surface area contributed by atoms with Gasteiger partial charge in [-0.05, 0) is 48.2 Å². The lowest BCUT2D eigenvalue weighted by molar-refractivity contribution is 0.101. The fourth-order valence-electron chi connectivity index (χ4n) is 2.43. The first kappa shape index (κ1) is 12.6. The number of amides is 1. The van der Waals surface area contributed by atoms with E-state index in [0.717, 1.165) is 11.1 Å². The highest BCUT2D eigenvalue weighted by Crippen LogP contribution is 2.25. The number of hydrogen-bond donors (Lipinski definition) is 3. The number of aromatic nitrogens is 1. The van der Waals surface area contributed by atoms with Crippen LogP contribution >= 0.6 is 0 Å². The average Bonchev–Trinajstić information content (AvgIpc) is 2.78. The first-order valence-corrected chi connectivity index (χ1v) is 6.38. The first-order valence-electron chi connectivity index (χ1n) is 6.38. The van der Waals surface area contributed by atoms with Gasteiger partial charge in [0.15, 0.2) is 5.69 Å². The van der Waals surface area contributed by atoms with Crippen LogP contribution in [0.4, 0.5) is 5.69 Å². The number of nitrogens with one attached hydrogen (secondary N) is 1. The van der Waals surface area contributed by atoms with Crippen molar-refractivity contribution in [3.63, 3.8) is 0 Å². The van der Waals surface area contributed by atoms with Crippen LogP contribution in [0.15, 0.2) is 36.5 Å². The number of aromatic hydroxyl groups is 1. The maximum Gasteiger partial charge on any atom is 0.278 e. The van der Waals surface area contributed by atoms with Gasteiger partial charge in [-0.3, -0.25) is 4.79 Å². The zero-order chi connectivity index (χ0) is 14.1. The van der Waals surface area contributed by atoms with Gasteiger partial charge >= 0.3 is 0 Å². The molecule has 0 saturated carbocycles. The van der Waals surface area contributed by atoms with Gasteiger partial charge in [-0.1, -0.05) is 6.07 Å². The Labute approximate surface area is 115 Å². The van der Waals surface area contributed by atoms with Crippen LogP contribution in [0.2, 0.25) is 0 Å². The third-order valence-corrected chi connectivity index (χ3v) is 3.38. The predicted molar refractivity (Wildman–Crippen MR) is 73.7 cm³/mol. The smallest absolute Gasteiger partial charge is 0.278 e. The fraction of sp³-hybridized carbons (Fsp3) is 0.200. The van der Waals surface area contributed by atoms with Crippen LogP contribution < -0.4 is 5.32 Å². The van der Waals surface area contributed by atoms with E-state index in [-0.39, 0.29) is 17.5 Å². The molecular weight excluding hydrogens is 256 g/mol. The summed E-state index contributed by atoms with van der Waals surface area (Å²) in [6.07, 6.45) is 2.38. The number of carbonyl (C=O) groups excluding carboxylic acids is 1. The SMILES string of the molecule is O=C(Nc1ccc2c(c1)CC(O)C2)c1ncccc1O. The highest BCUT2D eigenvalue weighted by atomic mass is 16.3. The van der Waals surface area contributed by atoms with Gasteiger partial charge in [-0.15, -0.1) is 0 Å². The molecule has 1 unspecified atom stereocenters. The monoisotopic (exact) mass is 270 g/mol. The lowest BCUT2D eigenvalue weighted by Gasteiger charge is -2.07. The topological polar surface area (TPSA) is 82.5 Å². The Morgan fingerprint density at radius 2 is 2.05 bits per heavy atom. The molecule has 0 spiro atoms. The Morgan fingerprint density at radius 1 is 1.25 bits per heavy atom. The van der Waals surface area contributed by atoms with E-state index in [9.17, 15) is 15.0 Å².